The van der Waals surface area contributed by atoms with E-state index in [9.17, 15) is 10.1 Å². The van der Waals surface area contributed by atoms with Gasteiger partial charge in [-0.3, -0.25) is 10.1 Å². The molecule has 5 nitrogen and oxygen atoms in total. The van der Waals surface area contributed by atoms with Gasteiger partial charge in [0.05, 0.1) is 4.92 Å². The molecule has 0 unspecified atom stereocenters. The summed E-state index contributed by atoms with van der Waals surface area (Å²) in [6.45, 7) is 5.07. The summed E-state index contributed by atoms with van der Waals surface area (Å²) in [5.41, 5.74) is 6.70. The van der Waals surface area contributed by atoms with Crippen LogP contribution in [0.15, 0.2) is 18.2 Å². The first kappa shape index (κ1) is 12.7. The number of anilines is 2. The van der Waals surface area contributed by atoms with E-state index in [-0.39, 0.29) is 16.3 Å². The second-order valence-electron chi connectivity index (χ2n) is 5.25. The smallest absolute Gasteiger partial charge is 0.315 e. The van der Waals surface area contributed by atoms with Crippen molar-refractivity contribution in [2.24, 2.45) is 5.92 Å². The number of nitrogens with two attached hydrogens (primary N) is 1. The lowest BCUT2D eigenvalue weighted by Crippen LogP contribution is -2.30. The fourth-order valence-corrected chi connectivity index (χ4v) is 2.20. The van der Waals surface area contributed by atoms with Gasteiger partial charge in [-0.05, 0) is 30.9 Å². The molecule has 0 amide bonds. The highest BCUT2D eigenvalue weighted by Crippen LogP contribution is 2.39. The Morgan fingerprint density at radius 1 is 1.50 bits per heavy atom. The Morgan fingerprint density at radius 3 is 2.67 bits per heavy atom. The molecule has 1 aliphatic carbocycles. The Morgan fingerprint density at radius 2 is 2.17 bits per heavy atom. The lowest BCUT2D eigenvalue weighted by Gasteiger charge is -2.26. The molecule has 1 aliphatic rings. The molecule has 2 rings (SSSR count). The highest BCUT2D eigenvalue weighted by Gasteiger charge is 2.33. The monoisotopic (exact) mass is 249 g/mol. The molecule has 0 spiro atoms. The standard InChI is InChI=1S/C13H19N3O2/c1-9(2)8-15(10-6-7-10)12-5-3-4-11(14)13(12)16(17)18/h3-5,9-10H,6-8,14H2,1-2H3. The number of nitro benzene ring substituents is 1. The van der Waals surface area contributed by atoms with Crippen LogP contribution < -0.4 is 10.6 Å². The Bertz CT molecular complexity index is 456. The number of nitrogens with zero attached hydrogens (tertiary/aromatic N) is 2. The van der Waals surface area contributed by atoms with Crippen molar-refractivity contribution < 1.29 is 4.92 Å². The van der Waals surface area contributed by atoms with Crippen molar-refractivity contribution in [3.8, 4) is 0 Å². The molecule has 0 radical (unpaired) electrons. The number of nitrogen functional groups attached to an aromatic ring is 1. The van der Waals surface area contributed by atoms with Gasteiger partial charge >= 0.3 is 5.69 Å². The van der Waals surface area contributed by atoms with Gasteiger partial charge in [-0.1, -0.05) is 19.9 Å². The molecule has 0 aliphatic heterocycles. The van der Waals surface area contributed by atoms with Crippen LogP contribution in [0.25, 0.3) is 0 Å². The second-order valence-corrected chi connectivity index (χ2v) is 5.25. The van der Waals surface area contributed by atoms with E-state index >= 15 is 0 Å². The van der Waals surface area contributed by atoms with Crippen LogP contribution in [0.2, 0.25) is 0 Å². The van der Waals surface area contributed by atoms with Crippen LogP contribution in [0.1, 0.15) is 26.7 Å². The van der Waals surface area contributed by atoms with Gasteiger partial charge in [-0.25, -0.2) is 0 Å². The third-order valence-electron chi connectivity index (χ3n) is 3.09. The van der Waals surface area contributed by atoms with E-state index in [1.165, 1.54) is 0 Å². The Hall–Kier alpha value is -1.78. The predicted octanol–water partition coefficient (Wildman–Crippen LogP) is 2.80. The maximum absolute atomic E-state index is 11.2. The second kappa shape index (κ2) is 4.84. The van der Waals surface area contributed by atoms with Crippen LogP contribution in [0, 0.1) is 16.0 Å². The largest absolute Gasteiger partial charge is 0.393 e. The quantitative estimate of drug-likeness (QED) is 0.494. The number of hydrogen-bond acceptors (Lipinski definition) is 4. The summed E-state index contributed by atoms with van der Waals surface area (Å²) >= 11 is 0. The summed E-state index contributed by atoms with van der Waals surface area (Å²) in [5, 5.41) is 11.2. The van der Waals surface area contributed by atoms with E-state index in [4.69, 9.17) is 5.73 Å². The van der Waals surface area contributed by atoms with Crippen LogP contribution in [0.4, 0.5) is 17.1 Å². The predicted molar refractivity (Wildman–Crippen MR) is 72.7 cm³/mol. The third-order valence-corrected chi connectivity index (χ3v) is 3.09. The summed E-state index contributed by atoms with van der Waals surface area (Å²) < 4.78 is 0. The molecule has 0 bridgehead atoms. The van der Waals surface area contributed by atoms with Crippen LogP contribution >= 0.6 is 0 Å². The number of para-hydroxylation sites is 1. The minimum atomic E-state index is -0.375. The summed E-state index contributed by atoms with van der Waals surface area (Å²) in [6.07, 6.45) is 2.22. The van der Waals surface area contributed by atoms with Crippen molar-refractivity contribution >= 4 is 17.1 Å². The van der Waals surface area contributed by atoms with E-state index in [0.29, 0.717) is 17.6 Å². The molecule has 0 heterocycles. The summed E-state index contributed by atoms with van der Waals surface area (Å²) in [6, 6.07) is 5.61. The number of rotatable bonds is 5. The van der Waals surface area contributed by atoms with Gasteiger partial charge in [-0.15, -0.1) is 0 Å². The van der Waals surface area contributed by atoms with Gasteiger partial charge in [0.2, 0.25) is 0 Å². The fourth-order valence-electron chi connectivity index (χ4n) is 2.20. The first-order chi connectivity index (χ1) is 8.50. The Labute approximate surface area is 107 Å². The SMILES string of the molecule is CC(C)CN(c1cccc(N)c1[N+](=O)[O-])C1CC1. The first-order valence-corrected chi connectivity index (χ1v) is 6.30. The molecule has 2 N–H and O–H groups in total. The van der Waals surface area contributed by atoms with Crippen molar-refractivity contribution in [1.82, 2.24) is 0 Å². The van der Waals surface area contributed by atoms with E-state index in [1.54, 1.807) is 18.2 Å². The average Bonchev–Trinajstić information content (AvgIpc) is 3.08. The molecule has 18 heavy (non-hydrogen) atoms. The van der Waals surface area contributed by atoms with Gasteiger partial charge < -0.3 is 10.6 Å². The van der Waals surface area contributed by atoms with Crippen LogP contribution in [0.3, 0.4) is 0 Å². The first-order valence-electron chi connectivity index (χ1n) is 6.30. The minimum Gasteiger partial charge on any atom is -0.393 e. The van der Waals surface area contributed by atoms with Gasteiger partial charge in [0.1, 0.15) is 11.4 Å². The zero-order valence-corrected chi connectivity index (χ0v) is 10.8. The van der Waals surface area contributed by atoms with Gasteiger partial charge in [-0.2, -0.15) is 0 Å². The van der Waals surface area contributed by atoms with Crippen molar-refractivity contribution in [3.63, 3.8) is 0 Å². The summed E-state index contributed by atoms with van der Waals surface area (Å²) in [5.74, 6) is 0.464. The molecule has 1 fully saturated rings. The van der Waals surface area contributed by atoms with Gasteiger partial charge in [0.25, 0.3) is 0 Å². The molecule has 0 aromatic heterocycles. The molecule has 1 aromatic carbocycles. The molecule has 1 aromatic rings. The van der Waals surface area contributed by atoms with Gasteiger partial charge in [0.15, 0.2) is 0 Å². The van der Waals surface area contributed by atoms with Crippen LogP contribution in [-0.2, 0) is 0 Å². The fraction of sp³-hybridized carbons (Fsp3) is 0.538. The maximum atomic E-state index is 11.2. The molecule has 1 saturated carbocycles. The van der Waals surface area contributed by atoms with E-state index in [2.05, 4.69) is 18.7 Å². The minimum absolute atomic E-state index is 0.0463. The lowest BCUT2D eigenvalue weighted by atomic mass is 10.1. The van der Waals surface area contributed by atoms with E-state index < -0.39 is 0 Å². The van der Waals surface area contributed by atoms with Crippen molar-refractivity contribution in [3.05, 3.63) is 28.3 Å². The Balaban J connectivity index is 2.40. The van der Waals surface area contributed by atoms with Crippen molar-refractivity contribution in [2.75, 3.05) is 17.2 Å². The molecule has 0 saturated heterocycles. The number of nitro groups is 1. The van der Waals surface area contributed by atoms with Gasteiger partial charge in [0, 0.05) is 12.6 Å². The highest BCUT2D eigenvalue weighted by atomic mass is 16.6. The molecule has 0 atom stereocenters. The average molecular weight is 249 g/mol. The summed E-state index contributed by atoms with van der Waals surface area (Å²) in [7, 11) is 0. The maximum Gasteiger partial charge on any atom is 0.315 e. The number of benzene rings is 1. The van der Waals surface area contributed by atoms with Crippen molar-refractivity contribution in [2.45, 2.75) is 32.7 Å². The molecular weight excluding hydrogens is 230 g/mol. The lowest BCUT2D eigenvalue weighted by molar-refractivity contribution is -0.383. The number of hydrogen-bond donors (Lipinski definition) is 1. The highest BCUT2D eigenvalue weighted by molar-refractivity contribution is 5.75. The van der Waals surface area contributed by atoms with Crippen LogP contribution in [0.5, 0.6) is 0 Å². The Kier molecular flexibility index (Phi) is 3.41. The molecular formula is C13H19N3O2. The zero-order valence-electron chi connectivity index (χ0n) is 10.8. The topological polar surface area (TPSA) is 72.4 Å². The molecule has 5 heteroatoms. The summed E-state index contributed by atoms with van der Waals surface area (Å²) in [4.78, 5) is 12.9. The zero-order chi connectivity index (χ0) is 13.3. The molecule has 98 valence electrons. The van der Waals surface area contributed by atoms with E-state index in [0.717, 1.165) is 19.4 Å². The normalized spacial score (nSPS) is 14.8. The van der Waals surface area contributed by atoms with E-state index in [1.807, 2.05) is 0 Å². The third kappa shape index (κ3) is 2.55. The van der Waals surface area contributed by atoms with Crippen LogP contribution in [-0.4, -0.2) is 17.5 Å². The van der Waals surface area contributed by atoms with Crippen molar-refractivity contribution in [1.29, 1.82) is 0 Å².